The van der Waals surface area contributed by atoms with Crippen molar-refractivity contribution in [1.29, 1.82) is 0 Å². The molecule has 1 heterocycles. The lowest BCUT2D eigenvalue weighted by Gasteiger charge is -2.11. The number of fused-ring (bicyclic) bond motifs is 1. The first kappa shape index (κ1) is 17.3. The van der Waals surface area contributed by atoms with Gasteiger partial charge in [-0.15, -0.1) is 11.8 Å². The molecule has 0 aliphatic carbocycles. The van der Waals surface area contributed by atoms with Crippen molar-refractivity contribution in [1.82, 2.24) is 4.98 Å². The number of carbonyl (C=O) groups is 1. The number of aromatic amines is 1. The average Bonchev–Trinajstić information content (AvgIpc) is 2.61. The minimum atomic E-state index is -0.148. The van der Waals surface area contributed by atoms with Gasteiger partial charge in [-0.25, -0.2) is 0 Å². The normalized spacial score (nSPS) is 10.8. The highest BCUT2D eigenvalue weighted by molar-refractivity contribution is 7.99. The monoisotopic (exact) mass is 352 g/mol. The summed E-state index contributed by atoms with van der Waals surface area (Å²) in [4.78, 5) is 28.2. The Hall–Kier alpha value is -2.53. The van der Waals surface area contributed by atoms with E-state index >= 15 is 0 Å². The number of H-pyrrole nitrogens is 1. The fourth-order valence-electron chi connectivity index (χ4n) is 2.84. The number of carbonyl (C=O) groups excluding carboxylic acids is 1. The topological polar surface area (TPSA) is 62.0 Å². The largest absolute Gasteiger partial charge is 0.322 e. The van der Waals surface area contributed by atoms with Gasteiger partial charge >= 0.3 is 0 Å². The van der Waals surface area contributed by atoms with Crippen molar-refractivity contribution in [2.24, 2.45) is 0 Å². The van der Waals surface area contributed by atoms with Crippen molar-refractivity contribution < 1.29 is 4.79 Å². The van der Waals surface area contributed by atoms with Crippen LogP contribution in [0.2, 0.25) is 0 Å². The number of amides is 1. The van der Waals surface area contributed by atoms with Gasteiger partial charge < -0.3 is 10.3 Å². The second-order valence-electron chi connectivity index (χ2n) is 5.66. The van der Waals surface area contributed by atoms with Gasteiger partial charge in [0.15, 0.2) is 0 Å². The van der Waals surface area contributed by atoms with Gasteiger partial charge in [-0.3, -0.25) is 9.59 Å². The molecule has 0 fully saturated rings. The molecule has 1 amide bonds. The van der Waals surface area contributed by atoms with Crippen molar-refractivity contribution in [3.63, 3.8) is 0 Å². The molecule has 5 heteroatoms. The van der Waals surface area contributed by atoms with E-state index in [1.807, 2.05) is 49.4 Å². The lowest BCUT2D eigenvalue weighted by molar-refractivity contribution is 0.102. The van der Waals surface area contributed by atoms with Crippen LogP contribution in [0.5, 0.6) is 0 Å². The van der Waals surface area contributed by atoms with Gasteiger partial charge in [0.25, 0.3) is 5.91 Å². The molecule has 0 aliphatic heterocycles. The Morgan fingerprint density at radius 3 is 2.68 bits per heavy atom. The molecule has 0 spiro atoms. The quantitative estimate of drug-likeness (QED) is 0.667. The highest BCUT2D eigenvalue weighted by Gasteiger charge is 2.12. The predicted molar refractivity (Wildman–Crippen MR) is 105 cm³/mol. The molecule has 2 aromatic carbocycles. The molecular weight excluding hydrogens is 332 g/mol. The molecule has 1 aromatic heterocycles. The van der Waals surface area contributed by atoms with Crippen LogP contribution in [0, 0.1) is 0 Å². The zero-order valence-corrected chi connectivity index (χ0v) is 15.1. The molecule has 0 aliphatic rings. The number of hydrogen-bond donors (Lipinski definition) is 2. The van der Waals surface area contributed by atoms with Crippen molar-refractivity contribution in [2.75, 3.05) is 11.1 Å². The van der Waals surface area contributed by atoms with Gasteiger partial charge in [-0.1, -0.05) is 32.0 Å². The Balaban J connectivity index is 1.93. The Bertz CT molecular complexity index is 979. The van der Waals surface area contributed by atoms with Gasteiger partial charge in [0, 0.05) is 22.0 Å². The van der Waals surface area contributed by atoms with E-state index in [1.54, 1.807) is 17.8 Å². The van der Waals surface area contributed by atoms with E-state index in [4.69, 9.17) is 0 Å². The molecule has 4 nitrogen and oxygen atoms in total. The number of benzene rings is 2. The van der Waals surface area contributed by atoms with Gasteiger partial charge in [0.1, 0.15) is 0 Å². The third kappa shape index (κ3) is 3.77. The Labute approximate surface area is 150 Å². The van der Waals surface area contributed by atoms with Crippen molar-refractivity contribution in [3.05, 3.63) is 70.0 Å². The first-order valence-electron chi connectivity index (χ1n) is 8.31. The van der Waals surface area contributed by atoms with Crippen molar-refractivity contribution in [3.8, 4) is 0 Å². The molecule has 128 valence electrons. The van der Waals surface area contributed by atoms with Crippen LogP contribution < -0.4 is 10.9 Å². The number of aryl methyl sites for hydroxylation is 1. The lowest BCUT2D eigenvalue weighted by Crippen LogP contribution is -2.13. The summed E-state index contributed by atoms with van der Waals surface area (Å²) in [5.74, 6) is 0.756. The van der Waals surface area contributed by atoms with Crippen LogP contribution in [0.15, 0.2) is 58.2 Å². The van der Waals surface area contributed by atoms with E-state index < -0.39 is 0 Å². The molecule has 0 atom stereocenters. The molecule has 2 N–H and O–H groups in total. The van der Waals surface area contributed by atoms with E-state index in [0.29, 0.717) is 11.3 Å². The Morgan fingerprint density at radius 1 is 1.12 bits per heavy atom. The standard InChI is InChI=1S/C20H20N2O2S/c1-3-13-11-19(23)22-17-12-14(9-10-15(13)17)21-20(24)16-7-5-6-8-18(16)25-4-2/h5-12H,3-4H2,1-2H3,(H,21,24)(H,22,23). The Kier molecular flexibility index (Phi) is 5.24. The van der Waals surface area contributed by atoms with Crippen LogP contribution in [0.1, 0.15) is 29.8 Å². The molecule has 25 heavy (non-hydrogen) atoms. The summed E-state index contributed by atoms with van der Waals surface area (Å²) in [5, 5.41) is 3.93. The average molecular weight is 352 g/mol. The van der Waals surface area contributed by atoms with E-state index in [2.05, 4.69) is 17.2 Å². The summed E-state index contributed by atoms with van der Waals surface area (Å²) in [6, 6.07) is 14.8. The van der Waals surface area contributed by atoms with E-state index in [1.165, 1.54) is 0 Å². The molecule has 3 aromatic rings. The summed E-state index contributed by atoms with van der Waals surface area (Å²) in [5.41, 5.74) is 2.93. The van der Waals surface area contributed by atoms with Crippen LogP contribution in [0.25, 0.3) is 10.9 Å². The molecule has 3 rings (SSSR count). The number of aromatic nitrogens is 1. The SMILES string of the molecule is CCSc1ccccc1C(=O)Nc1ccc2c(CC)cc(=O)[nH]c2c1. The van der Waals surface area contributed by atoms with Gasteiger partial charge in [-0.2, -0.15) is 0 Å². The maximum Gasteiger partial charge on any atom is 0.256 e. The zero-order chi connectivity index (χ0) is 17.8. The van der Waals surface area contributed by atoms with E-state index in [-0.39, 0.29) is 11.5 Å². The van der Waals surface area contributed by atoms with Crippen LogP contribution in [0.3, 0.4) is 0 Å². The number of thioether (sulfide) groups is 1. The number of anilines is 1. The third-order valence-electron chi connectivity index (χ3n) is 4.00. The van der Waals surface area contributed by atoms with Crippen molar-refractivity contribution in [2.45, 2.75) is 25.2 Å². The smallest absolute Gasteiger partial charge is 0.256 e. The first-order chi connectivity index (χ1) is 12.1. The van der Waals surface area contributed by atoms with E-state index in [9.17, 15) is 9.59 Å². The minimum absolute atomic E-state index is 0.127. The van der Waals surface area contributed by atoms with Crippen LogP contribution >= 0.6 is 11.8 Å². The lowest BCUT2D eigenvalue weighted by atomic mass is 10.1. The van der Waals surface area contributed by atoms with Crippen LogP contribution in [-0.2, 0) is 6.42 Å². The molecule has 0 saturated heterocycles. The summed E-state index contributed by atoms with van der Waals surface area (Å²) in [6.45, 7) is 4.08. The second-order valence-corrected chi connectivity index (χ2v) is 6.96. The number of rotatable bonds is 5. The highest BCUT2D eigenvalue weighted by Crippen LogP contribution is 2.24. The zero-order valence-electron chi connectivity index (χ0n) is 14.3. The summed E-state index contributed by atoms with van der Waals surface area (Å²) in [7, 11) is 0. The molecule has 0 bridgehead atoms. The molecule has 0 radical (unpaired) electrons. The fourth-order valence-corrected chi connectivity index (χ4v) is 3.64. The van der Waals surface area contributed by atoms with Crippen LogP contribution in [0.4, 0.5) is 5.69 Å². The number of hydrogen-bond acceptors (Lipinski definition) is 3. The van der Waals surface area contributed by atoms with Crippen LogP contribution in [-0.4, -0.2) is 16.6 Å². The van der Waals surface area contributed by atoms with E-state index in [0.717, 1.165) is 33.5 Å². The second kappa shape index (κ2) is 7.57. The molecule has 0 unspecified atom stereocenters. The van der Waals surface area contributed by atoms with Gasteiger partial charge in [0.05, 0.1) is 11.1 Å². The fraction of sp³-hybridized carbons (Fsp3) is 0.200. The summed E-state index contributed by atoms with van der Waals surface area (Å²) < 4.78 is 0. The molecular formula is C20H20N2O2S. The minimum Gasteiger partial charge on any atom is -0.322 e. The maximum atomic E-state index is 12.6. The van der Waals surface area contributed by atoms with Gasteiger partial charge in [-0.05, 0) is 42.0 Å². The molecule has 0 saturated carbocycles. The first-order valence-corrected chi connectivity index (χ1v) is 9.30. The van der Waals surface area contributed by atoms with Gasteiger partial charge in [0.2, 0.25) is 5.56 Å². The Morgan fingerprint density at radius 2 is 1.92 bits per heavy atom. The predicted octanol–water partition coefficient (Wildman–Crippen LogP) is 4.45. The number of nitrogens with one attached hydrogen (secondary N) is 2. The number of pyridine rings is 1. The maximum absolute atomic E-state index is 12.6. The summed E-state index contributed by atoms with van der Waals surface area (Å²) >= 11 is 1.64. The summed E-state index contributed by atoms with van der Waals surface area (Å²) in [6.07, 6.45) is 0.785. The highest BCUT2D eigenvalue weighted by atomic mass is 32.2. The third-order valence-corrected chi connectivity index (χ3v) is 4.95. The van der Waals surface area contributed by atoms with Crippen molar-refractivity contribution >= 4 is 34.3 Å².